The van der Waals surface area contributed by atoms with Gasteiger partial charge in [-0.2, -0.15) is 0 Å². The van der Waals surface area contributed by atoms with Gasteiger partial charge in [-0.05, 0) is 13.0 Å². The van der Waals surface area contributed by atoms with E-state index in [4.69, 9.17) is 19.9 Å². The van der Waals surface area contributed by atoms with Crippen LogP contribution in [0.2, 0.25) is 0 Å². The van der Waals surface area contributed by atoms with Crippen molar-refractivity contribution in [3.63, 3.8) is 0 Å². The Kier molecular flexibility index (Phi) is 3.38. The molecule has 0 bridgehead atoms. The number of anilines is 1. The smallest absolute Gasteiger partial charge is 0.253 e. The molecule has 0 saturated carbocycles. The minimum Gasteiger partial charge on any atom is -0.454 e. The second-order valence-corrected chi connectivity index (χ2v) is 5.34. The van der Waals surface area contributed by atoms with Gasteiger partial charge in [-0.15, -0.1) is 0 Å². The summed E-state index contributed by atoms with van der Waals surface area (Å²) in [6.45, 7) is 2.50. The second-order valence-electron chi connectivity index (χ2n) is 5.34. The third-order valence-corrected chi connectivity index (χ3v) is 4.00. The van der Waals surface area contributed by atoms with Crippen molar-refractivity contribution in [2.24, 2.45) is 0 Å². The summed E-state index contributed by atoms with van der Waals surface area (Å²) in [5.74, 6) is 0.657. The van der Waals surface area contributed by atoms with Crippen molar-refractivity contribution in [3.05, 3.63) is 17.7 Å². The summed E-state index contributed by atoms with van der Waals surface area (Å²) in [7, 11) is 0. The van der Waals surface area contributed by atoms with Gasteiger partial charge in [0.25, 0.3) is 5.91 Å². The molecule has 2 aliphatic rings. The zero-order valence-electron chi connectivity index (χ0n) is 11.7. The highest BCUT2D eigenvalue weighted by molar-refractivity contribution is 6.00. The maximum atomic E-state index is 12.2. The van der Waals surface area contributed by atoms with Crippen molar-refractivity contribution in [3.8, 4) is 11.5 Å². The van der Waals surface area contributed by atoms with Crippen molar-refractivity contribution < 1.29 is 24.1 Å². The Morgan fingerprint density at radius 3 is 2.86 bits per heavy atom. The van der Waals surface area contributed by atoms with E-state index >= 15 is 0 Å². The Morgan fingerprint density at radius 1 is 1.48 bits per heavy atom. The van der Waals surface area contributed by atoms with Crippen molar-refractivity contribution >= 4 is 11.6 Å². The number of carbonyl (C=O) groups is 1. The largest absolute Gasteiger partial charge is 0.454 e. The van der Waals surface area contributed by atoms with Gasteiger partial charge in [0.2, 0.25) is 6.79 Å². The summed E-state index contributed by atoms with van der Waals surface area (Å²) in [5.41, 5.74) is 5.42. The fourth-order valence-electron chi connectivity index (χ4n) is 2.49. The number of amides is 1. The van der Waals surface area contributed by atoms with Crippen LogP contribution in [-0.4, -0.2) is 42.7 Å². The van der Waals surface area contributed by atoms with E-state index in [0.29, 0.717) is 35.8 Å². The first-order chi connectivity index (χ1) is 9.99. The molecule has 1 aromatic carbocycles. The topological polar surface area (TPSA) is 103 Å². The van der Waals surface area contributed by atoms with Crippen LogP contribution in [0.5, 0.6) is 11.5 Å². The highest BCUT2D eigenvalue weighted by Gasteiger charge is 2.39. The van der Waals surface area contributed by atoms with Gasteiger partial charge in [0.05, 0.1) is 11.7 Å². The number of nitrogens with one attached hydrogen (secondary N) is 1. The van der Waals surface area contributed by atoms with E-state index in [0.717, 1.165) is 0 Å². The predicted molar refractivity (Wildman–Crippen MR) is 74.3 cm³/mol. The maximum Gasteiger partial charge on any atom is 0.253 e. The molecular formula is C14H18N2O5. The van der Waals surface area contributed by atoms with E-state index in [-0.39, 0.29) is 25.3 Å². The van der Waals surface area contributed by atoms with Crippen molar-refractivity contribution in [2.45, 2.75) is 25.0 Å². The molecule has 0 aliphatic carbocycles. The molecular weight excluding hydrogens is 276 g/mol. The van der Waals surface area contributed by atoms with Gasteiger partial charge < -0.3 is 30.4 Å². The highest BCUT2D eigenvalue weighted by atomic mass is 16.7. The first-order valence-corrected chi connectivity index (χ1v) is 6.81. The zero-order valence-corrected chi connectivity index (χ0v) is 11.7. The summed E-state index contributed by atoms with van der Waals surface area (Å²) >= 11 is 0. The number of carbonyl (C=O) groups excluding carboxylic acids is 1. The fraction of sp³-hybridized carbons (Fsp3) is 0.500. The van der Waals surface area contributed by atoms with Crippen LogP contribution in [0.25, 0.3) is 0 Å². The molecule has 7 nitrogen and oxygen atoms in total. The molecule has 2 unspecified atom stereocenters. The molecule has 3 rings (SSSR count). The Morgan fingerprint density at radius 2 is 2.19 bits per heavy atom. The summed E-state index contributed by atoms with van der Waals surface area (Å²) in [5, 5.41) is 13.1. The first-order valence-electron chi connectivity index (χ1n) is 6.81. The van der Waals surface area contributed by atoms with Crippen LogP contribution < -0.4 is 20.5 Å². The third kappa shape index (κ3) is 2.50. The molecule has 0 aromatic heterocycles. The summed E-state index contributed by atoms with van der Waals surface area (Å²) in [4.78, 5) is 12.2. The van der Waals surface area contributed by atoms with Crippen LogP contribution in [-0.2, 0) is 4.74 Å². The Hall–Kier alpha value is -1.99. The number of hydrogen-bond acceptors (Lipinski definition) is 6. The standard InChI is InChI=1S/C14H18N2O5/c1-8-14(18,2-3-19-8)6-16-13(17)9-4-11-12(5-10(9)15)21-7-20-11/h4-5,8,18H,2-3,6-7,15H2,1H3,(H,16,17). The van der Waals surface area contributed by atoms with Crippen LogP contribution in [0.4, 0.5) is 5.69 Å². The van der Waals surface area contributed by atoms with E-state index in [9.17, 15) is 9.90 Å². The Bertz CT molecular complexity index is 577. The van der Waals surface area contributed by atoms with Crippen LogP contribution in [0, 0.1) is 0 Å². The number of rotatable bonds is 3. The SMILES string of the molecule is CC1OCCC1(O)CNC(=O)c1cc2c(cc1N)OCO2. The Labute approximate surface area is 122 Å². The van der Waals surface area contributed by atoms with Crippen molar-refractivity contribution in [2.75, 3.05) is 25.7 Å². The minimum atomic E-state index is -1.04. The molecule has 4 N–H and O–H groups in total. The molecule has 2 atom stereocenters. The lowest BCUT2D eigenvalue weighted by atomic mass is 9.96. The lowest BCUT2D eigenvalue weighted by Crippen LogP contribution is -2.47. The number of benzene rings is 1. The van der Waals surface area contributed by atoms with Gasteiger partial charge in [-0.1, -0.05) is 0 Å². The van der Waals surface area contributed by atoms with Crippen LogP contribution in [0.1, 0.15) is 23.7 Å². The molecule has 1 saturated heterocycles. The highest BCUT2D eigenvalue weighted by Crippen LogP contribution is 2.36. The van der Waals surface area contributed by atoms with E-state index in [1.54, 1.807) is 19.1 Å². The van der Waals surface area contributed by atoms with Crippen LogP contribution in [0.15, 0.2) is 12.1 Å². The van der Waals surface area contributed by atoms with Gasteiger partial charge >= 0.3 is 0 Å². The molecule has 0 spiro atoms. The average Bonchev–Trinajstić information content (AvgIpc) is 3.03. The average molecular weight is 294 g/mol. The van der Waals surface area contributed by atoms with Gasteiger partial charge in [-0.3, -0.25) is 4.79 Å². The lowest BCUT2D eigenvalue weighted by molar-refractivity contribution is -0.0251. The molecule has 21 heavy (non-hydrogen) atoms. The number of hydrogen-bond donors (Lipinski definition) is 3. The van der Waals surface area contributed by atoms with Gasteiger partial charge in [0.15, 0.2) is 11.5 Å². The molecule has 2 aliphatic heterocycles. The molecule has 7 heteroatoms. The summed E-state index contributed by atoms with van der Waals surface area (Å²) in [6, 6.07) is 3.11. The van der Waals surface area contributed by atoms with Gasteiger partial charge in [0.1, 0.15) is 5.60 Å². The molecule has 2 heterocycles. The molecule has 1 amide bonds. The minimum absolute atomic E-state index is 0.112. The third-order valence-electron chi connectivity index (χ3n) is 4.00. The number of aliphatic hydroxyl groups is 1. The molecule has 114 valence electrons. The van der Waals surface area contributed by atoms with Crippen molar-refractivity contribution in [1.29, 1.82) is 0 Å². The maximum absolute atomic E-state index is 12.2. The second kappa shape index (κ2) is 5.09. The quantitative estimate of drug-likeness (QED) is 0.691. The summed E-state index contributed by atoms with van der Waals surface area (Å²) < 4.78 is 15.8. The molecule has 1 fully saturated rings. The lowest BCUT2D eigenvalue weighted by Gasteiger charge is -2.26. The van der Waals surface area contributed by atoms with Gasteiger partial charge in [-0.25, -0.2) is 0 Å². The van der Waals surface area contributed by atoms with E-state index in [1.165, 1.54) is 0 Å². The number of ether oxygens (including phenoxy) is 3. The van der Waals surface area contributed by atoms with E-state index < -0.39 is 5.60 Å². The molecule has 0 radical (unpaired) electrons. The zero-order chi connectivity index (χ0) is 15.0. The first kappa shape index (κ1) is 14.0. The van der Waals surface area contributed by atoms with E-state index in [2.05, 4.69) is 5.32 Å². The fourth-order valence-corrected chi connectivity index (χ4v) is 2.49. The van der Waals surface area contributed by atoms with Crippen LogP contribution >= 0.6 is 0 Å². The van der Waals surface area contributed by atoms with Crippen molar-refractivity contribution in [1.82, 2.24) is 5.32 Å². The summed E-state index contributed by atoms with van der Waals surface area (Å²) in [6.07, 6.45) is 0.178. The van der Waals surface area contributed by atoms with Crippen LogP contribution in [0.3, 0.4) is 0 Å². The molecule has 1 aromatic rings. The van der Waals surface area contributed by atoms with E-state index in [1.807, 2.05) is 0 Å². The van der Waals surface area contributed by atoms with Gasteiger partial charge in [0, 0.05) is 31.3 Å². The predicted octanol–water partition coefficient (Wildman–Crippen LogP) is 0.267. The number of nitrogen functional groups attached to an aromatic ring is 1. The normalized spacial score (nSPS) is 26.9. The number of nitrogens with two attached hydrogens (primary N) is 1. The Balaban J connectivity index is 1.71. The monoisotopic (exact) mass is 294 g/mol. The number of fused-ring (bicyclic) bond motifs is 1.